The van der Waals surface area contributed by atoms with E-state index < -0.39 is 35.8 Å². The van der Waals surface area contributed by atoms with Gasteiger partial charge in [0.05, 0.1) is 15.5 Å². The van der Waals surface area contributed by atoms with Crippen molar-refractivity contribution >= 4 is 24.9 Å². The quantitative estimate of drug-likeness (QED) is 0.255. The third kappa shape index (κ3) is 5.42. The number of benzene rings is 2. The maximum atomic E-state index is 12.8. The zero-order chi connectivity index (χ0) is 22.7. The molecular weight excluding hydrogens is 454 g/mol. The lowest BCUT2D eigenvalue weighted by Gasteiger charge is -2.22. The summed E-state index contributed by atoms with van der Waals surface area (Å²) in [5.41, 5.74) is -1.43. The lowest BCUT2D eigenvalue weighted by atomic mass is 10.2. The number of hydrogen-bond acceptors (Lipinski definition) is 7. The molecule has 13 heteroatoms. The third-order valence-corrected chi connectivity index (χ3v) is 6.18. The molecule has 0 amide bonds. The average molecular weight is 470 g/mol. The molecule has 0 fully saturated rings. The minimum absolute atomic E-state index is 0.0193. The number of ether oxygens (including phenoxy) is 2. The first-order chi connectivity index (χ1) is 13.9. The summed E-state index contributed by atoms with van der Waals surface area (Å²) in [5, 5.41) is 11.0. The van der Waals surface area contributed by atoms with Gasteiger partial charge in [-0.2, -0.15) is 13.2 Å². The number of hydrogen-bond donors (Lipinski definition) is 0. The van der Waals surface area contributed by atoms with Crippen LogP contribution in [0.5, 0.6) is 17.2 Å². The monoisotopic (exact) mass is 469 g/mol. The van der Waals surface area contributed by atoms with Crippen LogP contribution in [0.3, 0.4) is 0 Å². The molecule has 0 aliphatic heterocycles. The number of nitrogens with zero attached hydrogens (tertiary/aromatic N) is 1. The molecule has 8 nitrogen and oxygen atoms in total. The lowest BCUT2D eigenvalue weighted by molar-refractivity contribution is -0.386. The number of halogens is 4. The molecular formula is C17H16ClF3NO7P. The molecule has 0 aromatic heterocycles. The minimum atomic E-state index is -4.58. The zero-order valence-electron chi connectivity index (χ0n) is 15.8. The van der Waals surface area contributed by atoms with Crippen molar-refractivity contribution < 1.29 is 41.2 Å². The Morgan fingerprint density at radius 1 is 1.10 bits per heavy atom. The SMILES string of the molecule is COP(=O)(OC)C(C)Oc1cc(Oc2ccc(C(F)(F)F)cc2Cl)ccc1[N+](=O)[O-]. The summed E-state index contributed by atoms with van der Waals surface area (Å²) >= 11 is 5.85. The van der Waals surface area contributed by atoms with E-state index in [4.69, 9.17) is 30.1 Å². The number of alkyl halides is 3. The van der Waals surface area contributed by atoms with Crippen molar-refractivity contribution in [1.82, 2.24) is 0 Å². The normalized spacial score (nSPS) is 13.0. The molecule has 2 aromatic rings. The molecule has 0 spiro atoms. The van der Waals surface area contributed by atoms with Crippen LogP contribution in [0.1, 0.15) is 12.5 Å². The number of nitro benzene ring substituents is 1. The van der Waals surface area contributed by atoms with Gasteiger partial charge in [-0.25, -0.2) is 0 Å². The molecule has 0 bridgehead atoms. The molecule has 0 aliphatic rings. The van der Waals surface area contributed by atoms with E-state index in [1.165, 1.54) is 13.0 Å². The van der Waals surface area contributed by atoms with Crippen LogP contribution < -0.4 is 9.47 Å². The molecule has 0 heterocycles. The molecule has 1 unspecified atom stereocenters. The zero-order valence-corrected chi connectivity index (χ0v) is 17.5. The molecule has 0 N–H and O–H groups in total. The highest BCUT2D eigenvalue weighted by molar-refractivity contribution is 7.54. The first kappa shape index (κ1) is 23.9. The largest absolute Gasteiger partial charge is 0.471 e. The molecule has 2 aromatic carbocycles. The third-order valence-electron chi connectivity index (χ3n) is 3.87. The summed E-state index contributed by atoms with van der Waals surface area (Å²) in [6.45, 7) is 1.33. The maximum Gasteiger partial charge on any atom is 0.416 e. The van der Waals surface area contributed by atoms with E-state index in [2.05, 4.69) is 0 Å². The number of nitro groups is 1. The van der Waals surface area contributed by atoms with E-state index >= 15 is 0 Å². The van der Waals surface area contributed by atoms with Gasteiger partial charge >= 0.3 is 19.5 Å². The molecule has 2 rings (SSSR count). The van der Waals surface area contributed by atoms with Crippen molar-refractivity contribution in [3.05, 3.63) is 57.1 Å². The van der Waals surface area contributed by atoms with Crippen molar-refractivity contribution in [2.75, 3.05) is 14.2 Å². The van der Waals surface area contributed by atoms with Crippen LogP contribution in [0, 0.1) is 10.1 Å². The Hall–Kier alpha value is -2.33. The van der Waals surface area contributed by atoms with Crippen molar-refractivity contribution in [3.63, 3.8) is 0 Å². The van der Waals surface area contributed by atoms with E-state index in [1.807, 2.05) is 0 Å². The Morgan fingerprint density at radius 3 is 2.23 bits per heavy atom. The standard InChI is InChI=1S/C17H16ClF3NO7P/c1-10(30(25,26-2)27-3)28-16-9-12(5-6-14(16)22(23)24)29-15-7-4-11(8-13(15)18)17(19,20)21/h4-10H,1-3H3. The fraction of sp³-hybridized carbons (Fsp3) is 0.294. The fourth-order valence-electron chi connectivity index (χ4n) is 2.31. The van der Waals surface area contributed by atoms with E-state index in [0.717, 1.165) is 38.5 Å². The Kier molecular flexibility index (Phi) is 7.36. The lowest BCUT2D eigenvalue weighted by Crippen LogP contribution is -2.15. The number of rotatable bonds is 8. The van der Waals surface area contributed by atoms with Crippen molar-refractivity contribution in [3.8, 4) is 17.2 Å². The predicted molar refractivity (Wildman–Crippen MR) is 101 cm³/mol. The van der Waals surface area contributed by atoms with Crippen molar-refractivity contribution in [2.45, 2.75) is 18.9 Å². The second kappa shape index (κ2) is 9.22. The van der Waals surface area contributed by atoms with Crippen LogP contribution in [0.15, 0.2) is 36.4 Å². The first-order valence-electron chi connectivity index (χ1n) is 8.12. The second-order valence-electron chi connectivity index (χ2n) is 5.75. The van der Waals surface area contributed by atoms with E-state index in [0.29, 0.717) is 6.07 Å². The predicted octanol–water partition coefficient (Wildman–Crippen LogP) is 6.27. The van der Waals surface area contributed by atoms with Crippen LogP contribution in [0.2, 0.25) is 5.02 Å². The Balaban J connectivity index is 2.36. The van der Waals surface area contributed by atoms with Crippen LogP contribution >= 0.6 is 19.2 Å². The van der Waals surface area contributed by atoms with E-state index in [1.54, 1.807) is 0 Å². The molecule has 164 valence electrons. The van der Waals surface area contributed by atoms with Gasteiger partial charge in [0.2, 0.25) is 5.75 Å². The molecule has 30 heavy (non-hydrogen) atoms. The molecule has 0 saturated heterocycles. The van der Waals surface area contributed by atoms with Gasteiger partial charge < -0.3 is 18.5 Å². The van der Waals surface area contributed by atoms with Gasteiger partial charge in [0.25, 0.3) is 0 Å². The second-order valence-corrected chi connectivity index (χ2v) is 8.70. The summed E-state index contributed by atoms with van der Waals surface area (Å²) in [7, 11) is -1.45. The van der Waals surface area contributed by atoms with Crippen LogP contribution in [0.25, 0.3) is 0 Å². The van der Waals surface area contributed by atoms with Gasteiger partial charge in [-0.05, 0) is 31.2 Å². The van der Waals surface area contributed by atoms with Crippen molar-refractivity contribution in [1.29, 1.82) is 0 Å². The van der Waals surface area contributed by atoms with Gasteiger partial charge in [0.1, 0.15) is 11.5 Å². The van der Waals surface area contributed by atoms with Gasteiger partial charge in [-0.1, -0.05) is 11.6 Å². The molecule has 0 aliphatic carbocycles. The molecule has 0 radical (unpaired) electrons. The Labute approximate surface area is 174 Å². The average Bonchev–Trinajstić information content (AvgIpc) is 2.68. The summed E-state index contributed by atoms with van der Waals surface area (Å²) in [6.07, 6.45) is -4.58. The van der Waals surface area contributed by atoms with Gasteiger partial charge in [-0.3, -0.25) is 14.7 Å². The van der Waals surface area contributed by atoms with Crippen LogP contribution in [0.4, 0.5) is 18.9 Å². The fourth-order valence-corrected chi connectivity index (χ4v) is 3.51. The summed E-state index contributed by atoms with van der Waals surface area (Å²) in [5.74, 6) is -1.66. The maximum absolute atomic E-state index is 12.8. The first-order valence-corrected chi connectivity index (χ1v) is 10.1. The molecule has 1 atom stereocenters. The molecule has 0 saturated carbocycles. The highest BCUT2D eigenvalue weighted by Gasteiger charge is 2.34. The highest BCUT2D eigenvalue weighted by Crippen LogP contribution is 2.52. The summed E-state index contributed by atoms with van der Waals surface area (Å²) in [4.78, 5) is 10.5. The van der Waals surface area contributed by atoms with E-state index in [9.17, 15) is 27.9 Å². The summed E-state index contributed by atoms with van der Waals surface area (Å²) < 4.78 is 71.1. The van der Waals surface area contributed by atoms with Crippen LogP contribution in [-0.4, -0.2) is 25.0 Å². The Morgan fingerprint density at radius 2 is 1.73 bits per heavy atom. The smallest absolute Gasteiger partial charge is 0.416 e. The van der Waals surface area contributed by atoms with E-state index in [-0.39, 0.29) is 22.3 Å². The highest BCUT2D eigenvalue weighted by atomic mass is 35.5. The summed E-state index contributed by atoms with van der Waals surface area (Å²) in [6, 6.07) is 5.85. The van der Waals surface area contributed by atoms with Gasteiger partial charge in [0, 0.05) is 26.4 Å². The van der Waals surface area contributed by atoms with Gasteiger partial charge in [0.15, 0.2) is 5.85 Å². The van der Waals surface area contributed by atoms with Gasteiger partial charge in [-0.15, -0.1) is 0 Å². The Bertz CT molecular complexity index is 978. The minimum Gasteiger partial charge on any atom is -0.471 e. The van der Waals surface area contributed by atoms with Crippen molar-refractivity contribution in [2.24, 2.45) is 0 Å². The van der Waals surface area contributed by atoms with Crippen LogP contribution in [-0.2, 0) is 19.8 Å². The topological polar surface area (TPSA) is 97.1 Å².